The molecular formula is C25H23ClF3N3OS. The minimum Gasteiger partial charge on any atom is -0.370 e. The Hall–Kier alpha value is -2.55. The normalized spacial score (nSPS) is 19.0. The minimum atomic E-state index is -4.62. The van der Waals surface area contributed by atoms with Crippen LogP contribution in [0, 0.1) is 0 Å². The first-order valence-corrected chi connectivity index (χ1v) is 12.2. The van der Waals surface area contributed by atoms with Crippen LogP contribution < -0.4 is 5.32 Å². The van der Waals surface area contributed by atoms with Gasteiger partial charge in [0.1, 0.15) is 4.88 Å². The number of likely N-dealkylation sites (tertiary alicyclic amines) is 2. The van der Waals surface area contributed by atoms with E-state index in [4.69, 9.17) is 11.6 Å². The van der Waals surface area contributed by atoms with Crippen molar-refractivity contribution in [3.63, 3.8) is 0 Å². The van der Waals surface area contributed by atoms with Crippen LogP contribution in [0.2, 0.25) is 5.02 Å². The van der Waals surface area contributed by atoms with Crippen LogP contribution in [0.3, 0.4) is 0 Å². The van der Waals surface area contributed by atoms with E-state index in [0.29, 0.717) is 22.8 Å². The highest BCUT2D eigenvalue weighted by Crippen LogP contribution is 2.43. The van der Waals surface area contributed by atoms with Gasteiger partial charge in [0.25, 0.3) is 5.91 Å². The van der Waals surface area contributed by atoms with Gasteiger partial charge in [-0.15, -0.1) is 11.3 Å². The molecule has 9 heteroatoms. The van der Waals surface area contributed by atoms with Crippen LogP contribution in [0.4, 0.5) is 13.2 Å². The lowest BCUT2D eigenvalue weighted by atomic mass is 10.0. The number of carbonyl (C=O) groups is 1. The largest absolute Gasteiger partial charge is 0.418 e. The molecule has 2 aliphatic rings. The van der Waals surface area contributed by atoms with Crippen molar-refractivity contribution in [1.82, 2.24) is 15.1 Å². The third-order valence-corrected chi connectivity index (χ3v) is 7.82. The summed E-state index contributed by atoms with van der Waals surface area (Å²) in [5.41, 5.74) is 1.21. The zero-order valence-electron chi connectivity index (χ0n) is 18.2. The molecule has 1 atom stereocenters. The molecule has 0 radical (unpaired) electrons. The fraction of sp³-hybridized carbons (Fsp3) is 0.320. The van der Waals surface area contributed by atoms with Crippen LogP contribution in [0.25, 0.3) is 15.8 Å². The molecule has 1 aromatic heterocycles. The molecule has 1 amide bonds. The van der Waals surface area contributed by atoms with Crippen molar-refractivity contribution in [3.05, 3.63) is 76.1 Å². The fourth-order valence-electron chi connectivity index (χ4n) is 4.68. The first-order chi connectivity index (χ1) is 16.2. The van der Waals surface area contributed by atoms with Gasteiger partial charge in [-0.1, -0.05) is 54.6 Å². The Bertz CT molecular complexity index is 1240. The summed E-state index contributed by atoms with van der Waals surface area (Å²) < 4.78 is 41.8. The molecule has 1 N–H and O–H groups in total. The standard InChI is InChI=1S/C25H23ClF3N3OS/c1-15(16-5-3-2-4-6-16)31-10-9-18(12-31)30-19-13-32(14-19)24(33)23-22(25(27,28)29)20-8-7-17(26)11-21(20)34-23/h2-8,11,18-19,30H,1,9-10,12-14H2/t18-/m0/s1. The number of rotatable bonds is 5. The highest BCUT2D eigenvalue weighted by atomic mass is 35.5. The van der Waals surface area contributed by atoms with E-state index in [-0.39, 0.29) is 22.3 Å². The summed E-state index contributed by atoms with van der Waals surface area (Å²) in [7, 11) is 0. The Balaban J connectivity index is 1.21. The van der Waals surface area contributed by atoms with Crippen molar-refractivity contribution in [1.29, 1.82) is 0 Å². The topological polar surface area (TPSA) is 35.6 Å². The van der Waals surface area contributed by atoms with Gasteiger partial charge in [0.15, 0.2) is 0 Å². The number of fused-ring (bicyclic) bond motifs is 1. The second-order valence-corrected chi connectivity index (χ2v) is 10.3. The van der Waals surface area contributed by atoms with E-state index in [1.807, 2.05) is 30.3 Å². The Labute approximate surface area is 204 Å². The average molecular weight is 506 g/mol. The molecule has 4 nitrogen and oxygen atoms in total. The second kappa shape index (κ2) is 8.91. The number of benzene rings is 2. The summed E-state index contributed by atoms with van der Waals surface area (Å²) in [6.45, 7) is 6.70. The first-order valence-electron chi connectivity index (χ1n) is 11.0. The summed E-state index contributed by atoms with van der Waals surface area (Å²) in [5, 5.41) is 3.92. The van der Waals surface area contributed by atoms with Crippen molar-refractivity contribution in [2.24, 2.45) is 0 Å². The van der Waals surface area contributed by atoms with Crippen molar-refractivity contribution in [2.45, 2.75) is 24.7 Å². The number of nitrogens with one attached hydrogen (secondary N) is 1. The molecule has 2 aliphatic heterocycles. The first kappa shape index (κ1) is 23.2. The van der Waals surface area contributed by atoms with Crippen LogP contribution in [-0.4, -0.2) is 54.0 Å². The van der Waals surface area contributed by atoms with Crippen molar-refractivity contribution >= 4 is 44.6 Å². The van der Waals surface area contributed by atoms with Gasteiger partial charge < -0.3 is 15.1 Å². The molecule has 2 fully saturated rings. The van der Waals surface area contributed by atoms with Crippen LogP contribution in [0.15, 0.2) is 55.1 Å². The van der Waals surface area contributed by atoms with Crippen LogP contribution in [0.5, 0.6) is 0 Å². The van der Waals surface area contributed by atoms with Gasteiger partial charge in [-0.3, -0.25) is 4.79 Å². The highest BCUT2D eigenvalue weighted by molar-refractivity contribution is 7.21. The highest BCUT2D eigenvalue weighted by Gasteiger charge is 2.42. The number of hydrogen-bond donors (Lipinski definition) is 1. The van der Waals surface area contributed by atoms with Gasteiger partial charge in [-0.05, 0) is 24.1 Å². The van der Waals surface area contributed by atoms with E-state index >= 15 is 0 Å². The summed E-state index contributed by atoms with van der Waals surface area (Å²) in [6, 6.07) is 14.6. The van der Waals surface area contributed by atoms with E-state index in [1.54, 1.807) is 0 Å². The molecule has 3 aromatic rings. The molecule has 34 heavy (non-hydrogen) atoms. The van der Waals surface area contributed by atoms with E-state index in [2.05, 4.69) is 16.8 Å². The SMILES string of the molecule is C=C(c1ccccc1)N1CC[C@H](NC2CN(C(=O)c3sc4cc(Cl)ccc4c3C(F)(F)F)C2)C1. The van der Waals surface area contributed by atoms with Crippen LogP contribution >= 0.6 is 22.9 Å². The maximum absolute atomic E-state index is 13.8. The zero-order chi connectivity index (χ0) is 24.0. The maximum atomic E-state index is 13.8. The predicted octanol–water partition coefficient (Wildman–Crippen LogP) is 5.73. The molecule has 0 bridgehead atoms. The quantitative estimate of drug-likeness (QED) is 0.481. The third kappa shape index (κ3) is 4.42. The van der Waals surface area contributed by atoms with E-state index in [9.17, 15) is 18.0 Å². The number of alkyl halides is 3. The van der Waals surface area contributed by atoms with E-state index in [0.717, 1.165) is 42.1 Å². The summed E-state index contributed by atoms with van der Waals surface area (Å²) in [6.07, 6.45) is -3.67. The lowest BCUT2D eigenvalue weighted by molar-refractivity contribution is -0.136. The predicted molar refractivity (Wildman–Crippen MR) is 130 cm³/mol. The van der Waals surface area contributed by atoms with Gasteiger partial charge in [-0.25, -0.2) is 0 Å². The zero-order valence-corrected chi connectivity index (χ0v) is 19.8. The maximum Gasteiger partial charge on any atom is 0.418 e. The molecule has 0 aliphatic carbocycles. The molecule has 0 unspecified atom stereocenters. The van der Waals surface area contributed by atoms with Crippen molar-refractivity contribution in [3.8, 4) is 0 Å². The number of nitrogens with zero attached hydrogens (tertiary/aromatic N) is 2. The summed E-state index contributed by atoms with van der Waals surface area (Å²) in [5.74, 6) is -0.576. The number of amides is 1. The molecule has 5 rings (SSSR count). The molecule has 0 saturated carbocycles. The molecule has 2 saturated heterocycles. The van der Waals surface area contributed by atoms with Crippen LogP contribution in [-0.2, 0) is 6.18 Å². The number of hydrogen-bond acceptors (Lipinski definition) is 4. The van der Waals surface area contributed by atoms with E-state index < -0.39 is 17.6 Å². The molecule has 3 heterocycles. The molecule has 2 aromatic carbocycles. The minimum absolute atomic E-state index is 0.0186. The smallest absolute Gasteiger partial charge is 0.370 e. The molecular weight excluding hydrogens is 483 g/mol. The summed E-state index contributed by atoms with van der Waals surface area (Å²) in [4.78, 5) is 16.4. The Morgan fingerprint density at radius 1 is 1.06 bits per heavy atom. The Morgan fingerprint density at radius 3 is 2.47 bits per heavy atom. The average Bonchev–Trinajstić information content (AvgIpc) is 3.39. The van der Waals surface area contributed by atoms with Crippen molar-refractivity contribution in [2.75, 3.05) is 26.2 Å². The lowest BCUT2D eigenvalue weighted by Gasteiger charge is -2.41. The second-order valence-electron chi connectivity index (χ2n) is 8.76. The number of carbonyl (C=O) groups excluding carboxylic acids is 1. The molecule has 178 valence electrons. The fourth-order valence-corrected chi connectivity index (χ4v) is 6.15. The van der Waals surface area contributed by atoms with Crippen molar-refractivity contribution < 1.29 is 18.0 Å². The number of halogens is 4. The molecule has 0 spiro atoms. The van der Waals surface area contributed by atoms with E-state index in [1.165, 1.54) is 23.1 Å². The van der Waals surface area contributed by atoms with Gasteiger partial charge in [-0.2, -0.15) is 13.2 Å². The van der Waals surface area contributed by atoms with Gasteiger partial charge in [0, 0.05) is 59.1 Å². The van der Waals surface area contributed by atoms with Crippen LogP contribution in [0.1, 0.15) is 27.2 Å². The Morgan fingerprint density at radius 2 is 1.76 bits per heavy atom. The van der Waals surface area contributed by atoms with Gasteiger partial charge >= 0.3 is 6.18 Å². The van der Waals surface area contributed by atoms with Gasteiger partial charge in [0.2, 0.25) is 0 Å². The number of thiophene rings is 1. The third-order valence-electron chi connectivity index (χ3n) is 6.45. The lowest BCUT2D eigenvalue weighted by Crippen LogP contribution is -2.62. The summed E-state index contributed by atoms with van der Waals surface area (Å²) >= 11 is 6.81. The Kier molecular flexibility index (Phi) is 6.08. The monoisotopic (exact) mass is 505 g/mol. The van der Waals surface area contributed by atoms with Gasteiger partial charge in [0.05, 0.1) is 5.56 Å².